The number of halogens is 2. The Morgan fingerprint density at radius 3 is 2.26 bits per heavy atom. The summed E-state index contributed by atoms with van der Waals surface area (Å²) in [6, 6.07) is 12.3. The van der Waals surface area contributed by atoms with Crippen LogP contribution in [-0.2, 0) is 9.59 Å². The van der Waals surface area contributed by atoms with Crippen LogP contribution in [-0.4, -0.2) is 43.1 Å². The SMILES string of the molecule is COc1cc(C2C(=C(O)c3ccc(Cl)cc3)C(=O)C(=O)N2c2nc3ccc(F)cc3s2)cc(OC)c1OC. The summed E-state index contributed by atoms with van der Waals surface area (Å²) < 4.78 is 30.8. The molecule has 1 N–H and O–H groups in total. The molecule has 1 aromatic heterocycles. The van der Waals surface area contributed by atoms with Crippen LogP contribution in [0.4, 0.5) is 9.52 Å². The number of amides is 1. The molecular formula is C27H20ClFN2O6S. The van der Waals surface area contributed by atoms with Gasteiger partial charge in [0.25, 0.3) is 5.78 Å². The number of ether oxygens (including phenoxy) is 3. The number of anilines is 1. The predicted octanol–water partition coefficient (Wildman–Crippen LogP) is 5.74. The van der Waals surface area contributed by atoms with Crippen LogP contribution in [0.15, 0.2) is 60.2 Å². The lowest BCUT2D eigenvalue weighted by Crippen LogP contribution is -2.29. The van der Waals surface area contributed by atoms with E-state index in [1.807, 2.05) is 0 Å². The number of ketones is 1. The van der Waals surface area contributed by atoms with E-state index in [1.54, 1.807) is 24.3 Å². The Morgan fingerprint density at radius 1 is 1.00 bits per heavy atom. The maximum atomic E-state index is 13.9. The van der Waals surface area contributed by atoms with Gasteiger partial charge in [-0.15, -0.1) is 0 Å². The number of aliphatic hydroxyl groups excluding tert-OH is 1. The molecule has 2 heterocycles. The molecule has 1 saturated heterocycles. The summed E-state index contributed by atoms with van der Waals surface area (Å²) in [4.78, 5) is 32.6. The highest BCUT2D eigenvalue weighted by atomic mass is 35.5. The number of aliphatic hydroxyl groups is 1. The molecule has 0 bridgehead atoms. The number of hydrogen-bond acceptors (Lipinski definition) is 8. The van der Waals surface area contributed by atoms with E-state index in [1.165, 1.54) is 56.6 Å². The quantitative estimate of drug-likeness (QED) is 0.184. The van der Waals surface area contributed by atoms with Crippen molar-refractivity contribution in [1.29, 1.82) is 0 Å². The van der Waals surface area contributed by atoms with Crippen LogP contribution < -0.4 is 19.1 Å². The van der Waals surface area contributed by atoms with Crippen molar-refractivity contribution < 1.29 is 33.3 Å². The number of nitrogens with zero attached hydrogens (tertiary/aromatic N) is 2. The first-order valence-electron chi connectivity index (χ1n) is 11.2. The predicted molar refractivity (Wildman–Crippen MR) is 142 cm³/mol. The number of carbonyl (C=O) groups is 2. The van der Waals surface area contributed by atoms with Gasteiger partial charge in [0.2, 0.25) is 5.75 Å². The van der Waals surface area contributed by atoms with Crippen LogP contribution in [0, 0.1) is 5.82 Å². The molecule has 1 aliphatic heterocycles. The second-order valence-electron chi connectivity index (χ2n) is 8.24. The van der Waals surface area contributed by atoms with Gasteiger partial charge in [-0.05, 0) is 60.2 Å². The van der Waals surface area contributed by atoms with Gasteiger partial charge >= 0.3 is 5.91 Å². The van der Waals surface area contributed by atoms with E-state index in [0.717, 1.165) is 11.3 Å². The van der Waals surface area contributed by atoms with Crippen molar-refractivity contribution in [3.8, 4) is 17.2 Å². The molecule has 1 unspecified atom stereocenters. The smallest absolute Gasteiger partial charge is 0.301 e. The highest BCUT2D eigenvalue weighted by molar-refractivity contribution is 7.22. The van der Waals surface area contributed by atoms with Crippen molar-refractivity contribution >= 4 is 55.7 Å². The third kappa shape index (κ3) is 4.21. The number of thiazole rings is 1. The fraction of sp³-hybridized carbons (Fsp3) is 0.148. The summed E-state index contributed by atoms with van der Waals surface area (Å²) in [5.74, 6) is -1.80. The number of fused-ring (bicyclic) bond motifs is 1. The van der Waals surface area contributed by atoms with E-state index in [0.29, 0.717) is 26.6 Å². The minimum atomic E-state index is -1.12. The molecule has 0 aliphatic carbocycles. The fourth-order valence-electron chi connectivity index (χ4n) is 4.36. The molecule has 0 spiro atoms. The highest BCUT2D eigenvalue weighted by Gasteiger charge is 2.48. The largest absolute Gasteiger partial charge is 0.507 e. The van der Waals surface area contributed by atoms with Crippen LogP contribution in [0.1, 0.15) is 17.2 Å². The average Bonchev–Trinajstić information content (AvgIpc) is 3.45. The van der Waals surface area contributed by atoms with Crippen molar-refractivity contribution in [3.63, 3.8) is 0 Å². The summed E-state index contributed by atoms with van der Waals surface area (Å²) in [6.45, 7) is 0. The van der Waals surface area contributed by atoms with Gasteiger partial charge in [-0.3, -0.25) is 14.5 Å². The Bertz CT molecular complexity index is 1590. The molecule has 4 aromatic rings. The molecule has 38 heavy (non-hydrogen) atoms. The minimum Gasteiger partial charge on any atom is -0.507 e. The van der Waals surface area contributed by atoms with Gasteiger partial charge < -0.3 is 19.3 Å². The summed E-state index contributed by atoms with van der Waals surface area (Å²) in [5, 5.41) is 11.9. The normalized spacial score (nSPS) is 16.8. The Morgan fingerprint density at radius 2 is 1.66 bits per heavy atom. The maximum Gasteiger partial charge on any atom is 0.301 e. The van der Waals surface area contributed by atoms with Crippen LogP contribution in [0.5, 0.6) is 17.2 Å². The van der Waals surface area contributed by atoms with Crippen LogP contribution >= 0.6 is 22.9 Å². The lowest BCUT2D eigenvalue weighted by atomic mass is 9.95. The van der Waals surface area contributed by atoms with E-state index < -0.39 is 29.3 Å². The summed E-state index contributed by atoms with van der Waals surface area (Å²) >= 11 is 7.05. The van der Waals surface area contributed by atoms with Crippen LogP contribution in [0.25, 0.3) is 16.0 Å². The lowest BCUT2D eigenvalue weighted by Gasteiger charge is -2.24. The Hall–Kier alpha value is -4.15. The number of Topliss-reactive ketones (excluding diaryl/α,β-unsaturated/α-hetero) is 1. The molecule has 1 aliphatic rings. The van der Waals surface area contributed by atoms with E-state index in [-0.39, 0.29) is 27.8 Å². The molecule has 11 heteroatoms. The second kappa shape index (κ2) is 9.96. The molecule has 0 radical (unpaired) electrons. The van der Waals surface area contributed by atoms with Crippen molar-refractivity contribution in [2.24, 2.45) is 0 Å². The van der Waals surface area contributed by atoms with Crippen molar-refractivity contribution in [3.05, 3.63) is 82.1 Å². The van der Waals surface area contributed by atoms with Crippen LogP contribution in [0.2, 0.25) is 5.02 Å². The molecular weight excluding hydrogens is 535 g/mol. The van der Waals surface area contributed by atoms with Crippen molar-refractivity contribution in [2.45, 2.75) is 6.04 Å². The third-order valence-corrected chi connectivity index (χ3v) is 7.38. The zero-order chi connectivity index (χ0) is 27.1. The lowest BCUT2D eigenvalue weighted by molar-refractivity contribution is -0.132. The average molecular weight is 555 g/mol. The van der Waals surface area contributed by atoms with Crippen molar-refractivity contribution in [2.75, 3.05) is 26.2 Å². The first kappa shape index (κ1) is 25.5. The molecule has 0 saturated carbocycles. The minimum absolute atomic E-state index is 0.154. The molecule has 5 rings (SSSR count). The van der Waals surface area contributed by atoms with E-state index in [2.05, 4.69) is 4.98 Å². The van der Waals surface area contributed by atoms with Gasteiger partial charge in [0, 0.05) is 10.6 Å². The molecule has 8 nitrogen and oxygen atoms in total. The Balaban J connectivity index is 1.78. The number of aromatic nitrogens is 1. The molecule has 1 fully saturated rings. The first-order valence-corrected chi connectivity index (χ1v) is 12.4. The molecule has 1 atom stereocenters. The summed E-state index contributed by atoms with van der Waals surface area (Å²) in [7, 11) is 4.33. The zero-order valence-corrected chi connectivity index (χ0v) is 21.9. The molecule has 1 amide bonds. The van der Waals surface area contributed by atoms with Gasteiger partial charge in [0.05, 0.1) is 43.2 Å². The number of rotatable bonds is 6. The molecule has 194 valence electrons. The van der Waals surface area contributed by atoms with Gasteiger partial charge in [-0.1, -0.05) is 22.9 Å². The number of hydrogen-bond donors (Lipinski definition) is 1. The zero-order valence-electron chi connectivity index (χ0n) is 20.3. The highest BCUT2D eigenvalue weighted by Crippen LogP contribution is 2.48. The van der Waals surface area contributed by atoms with E-state index in [4.69, 9.17) is 25.8 Å². The van der Waals surface area contributed by atoms with Gasteiger partial charge in [0.1, 0.15) is 11.6 Å². The van der Waals surface area contributed by atoms with Crippen molar-refractivity contribution in [1.82, 2.24) is 4.98 Å². The summed E-state index contributed by atoms with van der Waals surface area (Å²) in [6.07, 6.45) is 0. The third-order valence-electron chi connectivity index (χ3n) is 6.11. The van der Waals surface area contributed by atoms with E-state index >= 15 is 0 Å². The Kier molecular flexibility index (Phi) is 6.68. The maximum absolute atomic E-state index is 13.9. The first-order chi connectivity index (χ1) is 18.3. The van der Waals surface area contributed by atoms with Gasteiger partial charge in [-0.2, -0.15) is 0 Å². The summed E-state index contributed by atoms with van der Waals surface area (Å²) in [5.41, 5.74) is 0.961. The topological polar surface area (TPSA) is 98.2 Å². The number of benzene rings is 3. The van der Waals surface area contributed by atoms with E-state index in [9.17, 15) is 19.1 Å². The standard InChI is InChI=1S/C27H20ClFN2O6S/c1-35-18-10-14(11-19(36-2)25(18)37-3)22-21(23(32)13-4-6-15(28)7-5-13)24(33)26(34)31(22)27-30-17-9-8-16(29)12-20(17)38-27/h4-12,22,32H,1-3H3. The number of methoxy groups -OCH3 is 3. The number of carbonyl (C=O) groups excluding carboxylic acids is 2. The monoisotopic (exact) mass is 554 g/mol. The van der Waals surface area contributed by atoms with Crippen LogP contribution in [0.3, 0.4) is 0 Å². The Labute approximate surface area is 225 Å². The second-order valence-corrected chi connectivity index (χ2v) is 9.69. The molecule has 3 aromatic carbocycles. The van der Waals surface area contributed by atoms with Gasteiger partial charge in [0.15, 0.2) is 16.6 Å². The van der Waals surface area contributed by atoms with Gasteiger partial charge in [-0.25, -0.2) is 9.37 Å². The fourth-order valence-corrected chi connectivity index (χ4v) is 5.50.